The minimum Gasteiger partial charge on any atom is -0.382 e. The highest BCUT2D eigenvalue weighted by atomic mass is 127. The first kappa shape index (κ1) is 15.4. The van der Waals surface area contributed by atoms with Crippen LogP contribution in [0.3, 0.4) is 0 Å². The molecular weight excluding hydrogens is 403 g/mol. The smallest absolute Gasteiger partial charge is 0.278 e. The van der Waals surface area contributed by atoms with E-state index in [0.717, 1.165) is 9.13 Å². The molecule has 0 saturated carbocycles. The average Bonchev–Trinajstić information content (AvgIpc) is 2.56. The number of hydrogen-bond acceptors (Lipinski definition) is 4. The van der Waals surface area contributed by atoms with Gasteiger partial charge in [0.25, 0.3) is 5.91 Å². The van der Waals surface area contributed by atoms with Gasteiger partial charge in [-0.3, -0.25) is 4.79 Å². The summed E-state index contributed by atoms with van der Waals surface area (Å²) in [4.78, 5) is 20.9. The molecule has 2 aromatic carbocycles. The quantitative estimate of drug-likeness (QED) is 0.640. The largest absolute Gasteiger partial charge is 0.382 e. The van der Waals surface area contributed by atoms with Crippen molar-refractivity contribution < 1.29 is 4.79 Å². The monoisotopic (exact) mass is 416 g/mol. The molecule has 0 fully saturated rings. The fraction of sp³-hybridized carbons (Fsp3) is 0. The van der Waals surface area contributed by atoms with E-state index in [0.29, 0.717) is 11.4 Å². The van der Waals surface area contributed by atoms with Crippen LogP contribution in [0, 0.1) is 3.57 Å². The lowest BCUT2D eigenvalue weighted by molar-refractivity contribution is 0.102. The molecule has 1 aromatic heterocycles. The van der Waals surface area contributed by atoms with Crippen LogP contribution in [-0.2, 0) is 0 Å². The molecule has 0 saturated heterocycles. The van der Waals surface area contributed by atoms with E-state index < -0.39 is 0 Å². The third kappa shape index (κ3) is 3.65. The highest BCUT2D eigenvalue weighted by Crippen LogP contribution is 2.21. The second-order valence-corrected chi connectivity index (χ2v) is 6.07. The van der Waals surface area contributed by atoms with Crippen molar-refractivity contribution in [3.63, 3.8) is 0 Å². The van der Waals surface area contributed by atoms with Gasteiger partial charge in [-0.1, -0.05) is 30.3 Å². The van der Waals surface area contributed by atoms with Crippen molar-refractivity contribution >= 4 is 40.0 Å². The first-order valence-electron chi connectivity index (χ1n) is 6.88. The van der Waals surface area contributed by atoms with Crippen molar-refractivity contribution in [3.8, 4) is 11.3 Å². The predicted octanol–water partition coefficient (Wildman–Crippen LogP) is 3.58. The topological polar surface area (TPSA) is 80.9 Å². The van der Waals surface area contributed by atoms with Crippen LogP contribution in [-0.4, -0.2) is 15.9 Å². The van der Waals surface area contributed by atoms with Gasteiger partial charge in [-0.15, -0.1) is 0 Å². The summed E-state index contributed by atoms with van der Waals surface area (Å²) in [5.41, 5.74) is 8.11. The molecule has 1 amide bonds. The van der Waals surface area contributed by atoms with E-state index in [1.165, 1.54) is 0 Å². The number of anilines is 2. The number of rotatable bonds is 3. The summed E-state index contributed by atoms with van der Waals surface area (Å²) in [5, 5.41) is 2.77. The van der Waals surface area contributed by atoms with Gasteiger partial charge in [0.05, 0.1) is 11.9 Å². The van der Waals surface area contributed by atoms with Crippen LogP contribution in [0.2, 0.25) is 0 Å². The molecule has 0 radical (unpaired) electrons. The number of nitrogens with one attached hydrogen (secondary N) is 1. The van der Waals surface area contributed by atoms with E-state index in [1.54, 1.807) is 18.3 Å². The Bertz CT molecular complexity index is 852. The summed E-state index contributed by atoms with van der Waals surface area (Å²) in [6.07, 6.45) is 1.57. The first-order valence-corrected chi connectivity index (χ1v) is 7.96. The second kappa shape index (κ2) is 6.74. The van der Waals surface area contributed by atoms with Crippen LogP contribution in [0.4, 0.5) is 11.5 Å². The van der Waals surface area contributed by atoms with Crippen molar-refractivity contribution in [2.45, 2.75) is 0 Å². The number of nitrogens with two attached hydrogens (primary N) is 1. The Balaban J connectivity index is 1.93. The molecule has 6 heteroatoms. The lowest BCUT2D eigenvalue weighted by Crippen LogP contribution is -2.17. The first-order chi connectivity index (χ1) is 11.1. The fourth-order valence-electron chi connectivity index (χ4n) is 2.06. The number of benzene rings is 2. The number of nitrogens with zero attached hydrogens (tertiary/aromatic N) is 2. The van der Waals surface area contributed by atoms with Crippen LogP contribution in [0.15, 0.2) is 60.8 Å². The number of aromatic nitrogens is 2. The van der Waals surface area contributed by atoms with Crippen molar-refractivity contribution in [1.82, 2.24) is 9.97 Å². The van der Waals surface area contributed by atoms with Crippen LogP contribution in [0.5, 0.6) is 0 Å². The third-order valence-electron chi connectivity index (χ3n) is 3.17. The normalized spacial score (nSPS) is 10.3. The van der Waals surface area contributed by atoms with Crippen LogP contribution >= 0.6 is 22.6 Å². The van der Waals surface area contributed by atoms with Crippen molar-refractivity contribution in [2.75, 3.05) is 11.1 Å². The summed E-state index contributed by atoms with van der Waals surface area (Å²) in [6, 6.07) is 17.0. The van der Waals surface area contributed by atoms with Gasteiger partial charge < -0.3 is 11.1 Å². The molecular formula is C17H13IN4O. The molecule has 3 N–H and O–H groups in total. The zero-order valence-corrected chi connectivity index (χ0v) is 14.2. The molecule has 3 aromatic rings. The molecule has 0 unspecified atom stereocenters. The zero-order valence-electron chi connectivity index (χ0n) is 12.0. The standard InChI is InChI=1S/C17H13IN4O/c18-12-6-4-5-11(9-12)14-10-20-16(19)15(22-14)17(23)21-13-7-2-1-3-8-13/h1-10H,(H2,19,20)(H,21,23). The molecule has 23 heavy (non-hydrogen) atoms. The Labute approximate surface area is 147 Å². The van der Waals surface area contributed by atoms with E-state index >= 15 is 0 Å². The van der Waals surface area contributed by atoms with E-state index in [1.807, 2.05) is 42.5 Å². The van der Waals surface area contributed by atoms with Crippen molar-refractivity contribution in [2.24, 2.45) is 0 Å². The maximum absolute atomic E-state index is 12.4. The van der Waals surface area contributed by atoms with Crippen LogP contribution in [0.25, 0.3) is 11.3 Å². The molecule has 0 spiro atoms. The van der Waals surface area contributed by atoms with Crippen LogP contribution in [0.1, 0.15) is 10.5 Å². The molecule has 0 bridgehead atoms. The Kier molecular flexibility index (Phi) is 4.52. The summed E-state index contributed by atoms with van der Waals surface area (Å²) in [6.45, 7) is 0. The van der Waals surface area contributed by atoms with Gasteiger partial charge in [-0.2, -0.15) is 0 Å². The number of nitrogen functional groups attached to an aromatic ring is 1. The summed E-state index contributed by atoms with van der Waals surface area (Å²) < 4.78 is 1.08. The highest BCUT2D eigenvalue weighted by molar-refractivity contribution is 14.1. The van der Waals surface area contributed by atoms with E-state index in [4.69, 9.17) is 5.73 Å². The lowest BCUT2D eigenvalue weighted by atomic mass is 10.1. The molecule has 0 atom stereocenters. The number of hydrogen-bond donors (Lipinski definition) is 2. The molecule has 3 rings (SSSR count). The molecule has 114 valence electrons. The van der Waals surface area contributed by atoms with E-state index in [-0.39, 0.29) is 17.4 Å². The van der Waals surface area contributed by atoms with Gasteiger partial charge >= 0.3 is 0 Å². The Morgan fingerprint density at radius 2 is 1.87 bits per heavy atom. The van der Waals surface area contributed by atoms with Gasteiger partial charge in [0.15, 0.2) is 11.5 Å². The van der Waals surface area contributed by atoms with Gasteiger partial charge in [-0.25, -0.2) is 9.97 Å². The number of carbonyl (C=O) groups is 1. The van der Waals surface area contributed by atoms with Crippen molar-refractivity contribution in [3.05, 3.63) is 70.1 Å². The number of carbonyl (C=O) groups excluding carboxylic acids is 1. The molecule has 0 aliphatic heterocycles. The predicted molar refractivity (Wildman–Crippen MR) is 99.0 cm³/mol. The maximum atomic E-state index is 12.4. The van der Waals surface area contributed by atoms with E-state index in [2.05, 4.69) is 37.9 Å². The Hall–Kier alpha value is -2.48. The molecule has 0 aliphatic carbocycles. The minimum atomic E-state index is -0.381. The molecule has 5 nitrogen and oxygen atoms in total. The lowest BCUT2D eigenvalue weighted by Gasteiger charge is -2.08. The van der Waals surface area contributed by atoms with Crippen LogP contribution < -0.4 is 11.1 Å². The third-order valence-corrected chi connectivity index (χ3v) is 3.84. The summed E-state index contributed by atoms with van der Waals surface area (Å²) in [5.74, 6) is -0.276. The number of amides is 1. The Morgan fingerprint density at radius 3 is 2.61 bits per heavy atom. The SMILES string of the molecule is Nc1ncc(-c2cccc(I)c2)nc1C(=O)Nc1ccccc1. The van der Waals surface area contributed by atoms with Gasteiger partial charge in [0.1, 0.15) is 0 Å². The number of para-hydroxylation sites is 1. The summed E-state index contributed by atoms with van der Waals surface area (Å²) >= 11 is 2.22. The highest BCUT2D eigenvalue weighted by Gasteiger charge is 2.15. The number of halogens is 1. The summed E-state index contributed by atoms with van der Waals surface area (Å²) in [7, 11) is 0. The molecule has 0 aliphatic rings. The Morgan fingerprint density at radius 1 is 1.09 bits per heavy atom. The van der Waals surface area contributed by atoms with E-state index in [9.17, 15) is 4.79 Å². The van der Waals surface area contributed by atoms with Gasteiger partial charge in [0.2, 0.25) is 0 Å². The molecule has 1 heterocycles. The fourth-order valence-corrected chi connectivity index (χ4v) is 2.61. The van der Waals surface area contributed by atoms with Crippen molar-refractivity contribution in [1.29, 1.82) is 0 Å². The minimum absolute atomic E-state index is 0.104. The maximum Gasteiger partial charge on any atom is 0.278 e. The van der Waals surface area contributed by atoms with Gasteiger partial charge in [-0.05, 0) is 46.9 Å². The van der Waals surface area contributed by atoms with Gasteiger partial charge in [0, 0.05) is 14.8 Å². The second-order valence-electron chi connectivity index (χ2n) is 4.82. The zero-order chi connectivity index (χ0) is 16.2. The average molecular weight is 416 g/mol.